The zero-order valence-corrected chi connectivity index (χ0v) is 20.0. The summed E-state index contributed by atoms with van der Waals surface area (Å²) < 4.78 is 11.3. The number of rotatable bonds is 6. The Bertz CT molecular complexity index is 1160. The highest BCUT2D eigenvalue weighted by molar-refractivity contribution is 5.84. The average Bonchev–Trinajstić information content (AvgIpc) is 3.68. The highest BCUT2D eigenvalue weighted by atomic mass is 16.7. The predicted octanol–water partition coefficient (Wildman–Crippen LogP) is 4.39. The summed E-state index contributed by atoms with van der Waals surface area (Å²) in [6.07, 6.45) is 5.62. The molecule has 3 saturated heterocycles. The molecule has 0 saturated carbocycles. The summed E-state index contributed by atoms with van der Waals surface area (Å²) in [7, 11) is 0. The van der Waals surface area contributed by atoms with Gasteiger partial charge in [0.15, 0.2) is 5.76 Å². The minimum Gasteiger partial charge on any atom is -0.462 e. The Hall–Kier alpha value is -3.30. The number of hydrogen-bond donors (Lipinski definition) is 0. The molecule has 6 nitrogen and oxygen atoms in total. The van der Waals surface area contributed by atoms with Crippen molar-refractivity contribution in [1.29, 1.82) is 5.26 Å². The van der Waals surface area contributed by atoms with E-state index in [1.165, 1.54) is 12.0 Å². The normalized spacial score (nSPS) is 30.3. The third-order valence-electron chi connectivity index (χ3n) is 8.47. The van der Waals surface area contributed by atoms with Gasteiger partial charge in [-0.15, -0.1) is 0 Å². The number of ether oxygens (including phenoxy) is 2. The molecule has 4 heterocycles. The van der Waals surface area contributed by atoms with Gasteiger partial charge in [-0.2, -0.15) is 5.26 Å². The Balaban J connectivity index is 1.40. The summed E-state index contributed by atoms with van der Waals surface area (Å²) in [6.45, 7) is 3.44. The van der Waals surface area contributed by atoms with Gasteiger partial charge in [-0.3, -0.25) is 9.69 Å². The number of carbonyl (C=O) groups is 1. The molecular formula is C29H31N3O3. The van der Waals surface area contributed by atoms with E-state index < -0.39 is 0 Å². The fraction of sp³-hybridized carbons (Fsp3) is 0.448. The third kappa shape index (κ3) is 3.61. The lowest BCUT2D eigenvalue weighted by atomic mass is 9.81. The van der Waals surface area contributed by atoms with Gasteiger partial charge >= 0.3 is 0 Å². The van der Waals surface area contributed by atoms with Crippen molar-refractivity contribution >= 4 is 5.91 Å². The first kappa shape index (κ1) is 22.2. The highest BCUT2D eigenvalue weighted by Gasteiger charge is 2.63. The number of nitriles is 1. The van der Waals surface area contributed by atoms with Crippen molar-refractivity contribution in [3.05, 3.63) is 83.3 Å². The monoisotopic (exact) mass is 469 g/mol. The van der Waals surface area contributed by atoms with E-state index >= 15 is 0 Å². The molecule has 4 aliphatic heterocycles. The zero-order valence-electron chi connectivity index (χ0n) is 20.0. The fourth-order valence-electron chi connectivity index (χ4n) is 7.15. The Morgan fingerprint density at radius 3 is 2.63 bits per heavy atom. The van der Waals surface area contributed by atoms with E-state index in [0.717, 1.165) is 30.7 Å². The van der Waals surface area contributed by atoms with Gasteiger partial charge in [-0.1, -0.05) is 49.4 Å². The molecule has 6 heteroatoms. The third-order valence-corrected chi connectivity index (χ3v) is 8.47. The molecular weight excluding hydrogens is 438 g/mol. The summed E-state index contributed by atoms with van der Waals surface area (Å²) in [5, 5.41) is 9.28. The lowest BCUT2D eigenvalue weighted by Gasteiger charge is -2.37. The van der Waals surface area contributed by atoms with Crippen molar-refractivity contribution in [2.45, 2.75) is 56.8 Å². The Labute approximate surface area is 206 Å². The van der Waals surface area contributed by atoms with E-state index in [1.807, 2.05) is 30.3 Å². The van der Waals surface area contributed by atoms with Gasteiger partial charge in [0.1, 0.15) is 6.26 Å². The quantitative estimate of drug-likeness (QED) is 0.628. The number of carbonyl (C=O) groups excluding carboxylic acids is 1. The number of hydrogen-bond acceptors (Lipinski definition) is 5. The van der Waals surface area contributed by atoms with Crippen LogP contribution in [-0.2, 0) is 20.7 Å². The molecule has 6 atom stereocenters. The van der Waals surface area contributed by atoms with Crippen LogP contribution >= 0.6 is 0 Å². The largest absolute Gasteiger partial charge is 0.462 e. The second-order valence-corrected chi connectivity index (χ2v) is 10.1. The first-order valence-corrected chi connectivity index (χ1v) is 12.8. The highest BCUT2D eigenvalue weighted by Crippen LogP contribution is 2.56. The maximum Gasteiger partial charge on any atom is 0.229 e. The number of benzene rings is 2. The van der Waals surface area contributed by atoms with E-state index in [1.54, 1.807) is 6.26 Å². The van der Waals surface area contributed by atoms with E-state index in [2.05, 4.69) is 47.1 Å². The van der Waals surface area contributed by atoms with Crippen molar-refractivity contribution in [1.82, 2.24) is 9.80 Å². The zero-order chi connectivity index (χ0) is 23.9. The molecule has 3 fully saturated rings. The molecule has 4 aliphatic rings. The van der Waals surface area contributed by atoms with Crippen LogP contribution in [0.1, 0.15) is 48.9 Å². The maximum atomic E-state index is 14.4. The van der Waals surface area contributed by atoms with Gasteiger partial charge < -0.3 is 14.4 Å². The summed E-state index contributed by atoms with van der Waals surface area (Å²) >= 11 is 0. The lowest BCUT2D eigenvalue weighted by Crippen LogP contribution is -2.48. The molecule has 0 bridgehead atoms. The Morgan fingerprint density at radius 1 is 1.14 bits per heavy atom. The van der Waals surface area contributed by atoms with E-state index in [4.69, 9.17) is 9.47 Å². The molecule has 2 aromatic carbocycles. The second kappa shape index (κ2) is 9.05. The van der Waals surface area contributed by atoms with Gasteiger partial charge in [0, 0.05) is 30.5 Å². The van der Waals surface area contributed by atoms with Crippen LogP contribution in [0.2, 0.25) is 0 Å². The Kier molecular flexibility index (Phi) is 5.74. The lowest BCUT2D eigenvalue weighted by molar-refractivity contribution is -0.135. The minimum absolute atomic E-state index is 0.0545. The summed E-state index contributed by atoms with van der Waals surface area (Å²) in [5.41, 5.74) is 2.98. The van der Waals surface area contributed by atoms with Gasteiger partial charge in [0.2, 0.25) is 12.7 Å². The first-order valence-electron chi connectivity index (χ1n) is 12.8. The SMILES string of the molecule is CCC1C2C(C(=O)N1C(Cc1ccccc1)C1=COCO1)C(c1ccc(C#N)cc1)N1CCCC21. The van der Waals surface area contributed by atoms with Crippen molar-refractivity contribution in [2.24, 2.45) is 11.8 Å². The molecule has 0 aliphatic carbocycles. The molecule has 180 valence electrons. The first-order chi connectivity index (χ1) is 17.2. The average molecular weight is 470 g/mol. The molecule has 0 N–H and O–H groups in total. The van der Waals surface area contributed by atoms with Crippen molar-refractivity contribution in [3.63, 3.8) is 0 Å². The van der Waals surface area contributed by atoms with Crippen molar-refractivity contribution in [3.8, 4) is 6.07 Å². The minimum atomic E-state index is -0.181. The van der Waals surface area contributed by atoms with E-state index in [9.17, 15) is 10.1 Å². The van der Waals surface area contributed by atoms with Crippen molar-refractivity contribution < 1.29 is 14.3 Å². The molecule has 0 aromatic heterocycles. The molecule has 6 rings (SSSR count). The van der Waals surface area contributed by atoms with Gasteiger partial charge in [0.25, 0.3) is 0 Å². The molecule has 2 aromatic rings. The van der Waals surface area contributed by atoms with Gasteiger partial charge in [-0.05, 0) is 49.1 Å². The molecule has 35 heavy (non-hydrogen) atoms. The number of likely N-dealkylation sites (tertiary alicyclic amines) is 1. The van der Waals surface area contributed by atoms with Crippen LogP contribution in [0.5, 0.6) is 0 Å². The number of fused-ring (bicyclic) bond motifs is 3. The molecule has 6 unspecified atom stereocenters. The van der Waals surface area contributed by atoms with E-state index in [0.29, 0.717) is 18.0 Å². The van der Waals surface area contributed by atoms with Crippen LogP contribution in [0, 0.1) is 23.2 Å². The fourth-order valence-corrected chi connectivity index (χ4v) is 7.15. The van der Waals surface area contributed by atoms with Gasteiger partial charge in [0.05, 0.1) is 23.6 Å². The van der Waals surface area contributed by atoms with Crippen molar-refractivity contribution in [2.75, 3.05) is 13.3 Å². The smallest absolute Gasteiger partial charge is 0.229 e. The van der Waals surface area contributed by atoms with E-state index in [-0.39, 0.29) is 42.7 Å². The van der Waals surface area contributed by atoms with Crippen LogP contribution in [0.4, 0.5) is 0 Å². The molecule has 0 spiro atoms. The second-order valence-electron chi connectivity index (χ2n) is 10.1. The van der Waals surface area contributed by atoms with Crippen LogP contribution in [0.3, 0.4) is 0 Å². The number of amides is 1. The van der Waals surface area contributed by atoms with Gasteiger partial charge in [-0.25, -0.2) is 0 Å². The summed E-state index contributed by atoms with van der Waals surface area (Å²) in [4.78, 5) is 19.1. The standard InChI is InChI=1S/C29H31N3O3/c1-2-22-26-23-9-6-14-31(23)28(21-12-10-20(16-30)11-13-21)27(26)29(33)32(22)24(25-17-34-18-35-25)15-19-7-4-3-5-8-19/h3-5,7-8,10-13,17,22-24,26-28H,2,6,9,14-15,18H2,1H3. The predicted molar refractivity (Wildman–Crippen MR) is 131 cm³/mol. The summed E-state index contributed by atoms with van der Waals surface area (Å²) in [6, 6.07) is 20.9. The number of nitrogens with zero attached hydrogens (tertiary/aromatic N) is 3. The molecule has 0 radical (unpaired) electrons. The molecule has 1 amide bonds. The van der Waals surface area contributed by atoms with Crippen LogP contribution in [-0.4, -0.2) is 47.2 Å². The topological polar surface area (TPSA) is 65.8 Å². The van der Waals surface area contributed by atoms with Crippen LogP contribution in [0.25, 0.3) is 0 Å². The Morgan fingerprint density at radius 2 is 1.94 bits per heavy atom. The van der Waals surface area contributed by atoms with Crippen LogP contribution < -0.4 is 0 Å². The maximum absolute atomic E-state index is 14.4. The summed E-state index contributed by atoms with van der Waals surface area (Å²) in [5.74, 6) is 1.18. The van der Waals surface area contributed by atoms with Crippen LogP contribution in [0.15, 0.2) is 66.6 Å².